The Kier molecular flexibility index (Phi) is 5.91. The van der Waals surface area contributed by atoms with Crippen molar-refractivity contribution < 1.29 is 18.0 Å². The number of hydrogen-bond acceptors (Lipinski definition) is 7. The van der Waals surface area contributed by atoms with Crippen LogP contribution in [0.3, 0.4) is 0 Å². The second-order valence-corrected chi connectivity index (χ2v) is 8.70. The van der Waals surface area contributed by atoms with E-state index in [2.05, 4.69) is 32.3 Å². The molecule has 0 atom stereocenters. The van der Waals surface area contributed by atoms with Gasteiger partial charge in [0, 0.05) is 17.8 Å². The van der Waals surface area contributed by atoms with Gasteiger partial charge in [-0.1, -0.05) is 0 Å². The standard InChI is InChI=1S/C20H22F3N7OS/c1-11-15(9-30(28-11)13-3-5-29(2)6-4-13)26-19-25-8-14(20(21,22)23)17(27-19)16-7-12(10-32-16)18(24)31/h7-10,13H,3-6H2,1-2H3,(H2,24,31)(H,25,26,27). The molecular weight excluding hydrogens is 443 g/mol. The molecule has 1 amide bonds. The van der Waals surface area contributed by atoms with Crippen LogP contribution in [0.5, 0.6) is 0 Å². The van der Waals surface area contributed by atoms with E-state index in [4.69, 9.17) is 5.73 Å². The number of alkyl halides is 3. The molecule has 32 heavy (non-hydrogen) atoms. The Morgan fingerprint density at radius 1 is 1.31 bits per heavy atom. The van der Waals surface area contributed by atoms with Gasteiger partial charge in [0.1, 0.15) is 5.56 Å². The molecule has 0 aliphatic carbocycles. The average molecular weight is 466 g/mol. The van der Waals surface area contributed by atoms with E-state index >= 15 is 0 Å². The number of amides is 1. The quantitative estimate of drug-likeness (QED) is 0.594. The number of aryl methyl sites for hydroxylation is 1. The highest BCUT2D eigenvalue weighted by Crippen LogP contribution is 2.38. The lowest BCUT2D eigenvalue weighted by molar-refractivity contribution is -0.137. The van der Waals surface area contributed by atoms with E-state index in [1.807, 2.05) is 17.8 Å². The van der Waals surface area contributed by atoms with Crippen molar-refractivity contribution in [3.63, 3.8) is 0 Å². The van der Waals surface area contributed by atoms with Crippen LogP contribution in [0, 0.1) is 6.92 Å². The number of nitrogens with one attached hydrogen (secondary N) is 1. The molecule has 1 fully saturated rings. The summed E-state index contributed by atoms with van der Waals surface area (Å²) in [6.45, 7) is 3.77. The van der Waals surface area contributed by atoms with Gasteiger partial charge in [0.25, 0.3) is 0 Å². The van der Waals surface area contributed by atoms with Crippen molar-refractivity contribution in [2.24, 2.45) is 5.73 Å². The number of thiophene rings is 1. The first-order valence-corrected chi connectivity index (χ1v) is 10.8. The second-order valence-electron chi connectivity index (χ2n) is 7.79. The van der Waals surface area contributed by atoms with Crippen molar-refractivity contribution in [2.45, 2.75) is 32.0 Å². The fraction of sp³-hybridized carbons (Fsp3) is 0.400. The number of nitrogens with zero attached hydrogens (tertiary/aromatic N) is 5. The SMILES string of the molecule is Cc1nn(C2CCN(C)CC2)cc1Nc1ncc(C(F)(F)F)c(-c2cc(C(N)=O)cs2)n1. The highest BCUT2D eigenvalue weighted by molar-refractivity contribution is 7.13. The Morgan fingerprint density at radius 3 is 2.66 bits per heavy atom. The molecule has 1 aliphatic heterocycles. The lowest BCUT2D eigenvalue weighted by Gasteiger charge is -2.28. The molecule has 12 heteroatoms. The highest BCUT2D eigenvalue weighted by Gasteiger charge is 2.36. The number of carbonyl (C=O) groups excluding carboxylic acids is 1. The predicted molar refractivity (Wildman–Crippen MR) is 115 cm³/mol. The second kappa shape index (κ2) is 8.51. The van der Waals surface area contributed by atoms with Gasteiger partial charge in [-0.15, -0.1) is 11.3 Å². The zero-order valence-electron chi connectivity index (χ0n) is 17.5. The Labute approximate surface area is 186 Å². The third-order valence-corrected chi connectivity index (χ3v) is 6.37. The third kappa shape index (κ3) is 4.60. The summed E-state index contributed by atoms with van der Waals surface area (Å²) in [5.41, 5.74) is 5.38. The summed E-state index contributed by atoms with van der Waals surface area (Å²) >= 11 is 0.963. The van der Waals surface area contributed by atoms with Crippen LogP contribution in [0.15, 0.2) is 23.8 Å². The van der Waals surface area contributed by atoms with Crippen LogP contribution in [-0.2, 0) is 6.18 Å². The van der Waals surface area contributed by atoms with Crippen molar-refractivity contribution in [2.75, 3.05) is 25.5 Å². The van der Waals surface area contributed by atoms with E-state index in [0.29, 0.717) is 11.4 Å². The van der Waals surface area contributed by atoms with E-state index in [0.717, 1.165) is 43.5 Å². The number of piperidine rings is 1. The normalized spacial score (nSPS) is 15.8. The first-order chi connectivity index (χ1) is 15.1. The van der Waals surface area contributed by atoms with E-state index < -0.39 is 17.6 Å². The predicted octanol–water partition coefficient (Wildman–Crippen LogP) is 3.84. The molecule has 170 valence electrons. The van der Waals surface area contributed by atoms with Gasteiger partial charge in [0.05, 0.1) is 33.6 Å². The molecule has 0 aromatic carbocycles. The molecule has 4 rings (SSSR count). The molecular formula is C20H22F3N7OS. The summed E-state index contributed by atoms with van der Waals surface area (Å²) in [7, 11) is 2.08. The molecule has 3 aromatic heterocycles. The maximum atomic E-state index is 13.6. The maximum Gasteiger partial charge on any atom is 0.420 e. The Bertz CT molecular complexity index is 1130. The Hall–Kier alpha value is -2.99. The van der Waals surface area contributed by atoms with Crippen molar-refractivity contribution in [1.29, 1.82) is 0 Å². The average Bonchev–Trinajstić information content (AvgIpc) is 3.35. The minimum atomic E-state index is -4.65. The third-order valence-electron chi connectivity index (χ3n) is 5.44. The van der Waals surface area contributed by atoms with Crippen LogP contribution in [0.4, 0.5) is 24.8 Å². The number of likely N-dealkylation sites (tertiary alicyclic amines) is 1. The number of anilines is 2. The van der Waals surface area contributed by atoms with Gasteiger partial charge in [0.15, 0.2) is 0 Å². The molecule has 1 saturated heterocycles. The minimum Gasteiger partial charge on any atom is -0.366 e. The number of nitrogens with two attached hydrogens (primary N) is 1. The summed E-state index contributed by atoms with van der Waals surface area (Å²) in [6.07, 6.45) is -0.135. The fourth-order valence-electron chi connectivity index (χ4n) is 3.60. The zero-order valence-corrected chi connectivity index (χ0v) is 18.3. The zero-order chi connectivity index (χ0) is 23.0. The molecule has 0 unspecified atom stereocenters. The van der Waals surface area contributed by atoms with Crippen LogP contribution >= 0.6 is 11.3 Å². The summed E-state index contributed by atoms with van der Waals surface area (Å²) in [6, 6.07) is 1.57. The summed E-state index contributed by atoms with van der Waals surface area (Å²) in [5.74, 6) is -0.710. The van der Waals surface area contributed by atoms with Gasteiger partial charge in [-0.3, -0.25) is 9.48 Å². The van der Waals surface area contributed by atoms with E-state index in [1.165, 1.54) is 11.4 Å². The number of primary amides is 1. The smallest absolute Gasteiger partial charge is 0.366 e. The number of aromatic nitrogens is 4. The van der Waals surface area contributed by atoms with Gasteiger partial charge in [-0.2, -0.15) is 18.3 Å². The molecule has 4 heterocycles. The summed E-state index contributed by atoms with van der Waals surface area (Å²) in [4.78, 5) is 21.8. The van der Waals surface area contributed by atoms with Crippen LogP contribution in [0.1, 0.15) is 40.5 Å². The fourth-order valence-corrected chi connectivity index (χ4v) is 4.50. The van der Waals surface area contributed by atoms with Crippen molar-refractivity contribution in [3.05, 3.63) is 40.7 Å². The topological polar surface area (TPSA) is 102 Å². The molecule has 3 aromatic rings. The van der Waals surface area contributed by atoms with Gasteiger partial charge < -0.3 is 16.0 Å². The molecule has 3 N–H and O–H groups in total. The number of carbonyl (C=O) groups is 1. The molecule has 1 aliphatic rings. The molecule has 0 radical (unpaired) electrons. The lowest BCUT2D eigenvalue weighted by atomic mass is 10.1. The van der Waals surface area contributed by atoms with Gasteiger partial charge in [-0.25, -0.2) is 9.97 Å². The van der Waals surface area contributed by atoms with Crippen LogP contribution in [0.25, 0.3) is 10.6 Å². The molecule has 8 nitrogen and oxygen atoms in total. The van der Waals surface area contributed by atoms with E-state index in [9.17, 15) is 18.0 Å². The van der Waals surface area contributed by atoms with Crippen molar-refractivity contribution in [1.82, 2.24) is 24.6 Å². The summed E-state index contributed by atoms with van der Waals surface area (Å²) in [5, 5.41) is 8.96. The van der Waals surface area contributed by atoms with Gasteiger partial charge >= 0.3 is 6.18 Å². The van der Waals surface area contributed by atoms with Crippen molar-refractivity contribution >= 4 is 28.9 Å². The number of rotatable bonds is 5. The number of halogens is 3. The van der Waals surface area contributed by atoms with Gasteiger partial charge in [0.2, 0.25) is 11.9 Å². The number of hydrogen-bond donors (Lipinski definition) is 2. The van der Waals surface area contributed by atoms with E-state index in [1.54, 1.807) is 0 Å². The summed E-state index contributed by atoms with van der Waals surface area (Å²) < 4.78 is 42.6. The lowest BCUT2D eigenvalue weighted by Crippen LogP contribution is -2.31. The van der Waals surface area contributed by atoms with Crippen LogP contribution in [0.2, 0.25) is 0 Å². The largest absolute Gasteiger partial charge is 0.420 e. The minimum absolute atomic E-state index is 0.00746. The van der Waals surface area contributed by atoms with Crippen LogP contribution < -0.4 is 11.1 Å². The first kappa shape index (κ1) is 22.2. The first-order valence-electron chi connectivity index (χ1n) is 9.96. The monoisotopic (exact) mass is 465 g/mol. The van der Waals surface area contributed by atoms with Gasteiger partial charge in [-0.05, 0) is 46.0 Å². The Morgan fingerprint density at radius 2 is 2.03 bits per heavy atom. The van der Waals surface area contributed by atoms with Crippen molar-refractivity contribution in [3.8, 4) is 10.6 Å². The molecule has 0 bridgehead atoms. The Balaban J connectivity index is 1.64. The molecule has 0 spiro atoms. The highest BCUT2D eigenvalue weighted by atomic mass is 32.1. The van der Waals surface area contributed by atoms with Crippen LogP contribution in [-0.4, -0.2) is 50.7 Å². The molecule has 0 saturated carbocycles. The van der Waals surface area contributed by atoms with E-state index in [-0.39, 0.29) is 28.1 Å². The maximum absolute atomic E-state index is 13.6.